The highest BCUT2D eigenvalue weighted by Crippen LogP contribution is 2.36. The van der Waals surface area contributed by atoms with Crippen molar-refractivity contribution in [1.82, 2.24) is 15.2 Å². The molecule has 4 rings (SSSR count). The van der Waals surface area contributed by atoms with Crippen molar-refractivity contribution in [3.05, 3.63) is 79.8 Å². The number of rotatable bonds is 6. The molecule has 0 saturated carbocycles. The summed E-state index contributed by atoms with van der Waals surface area (Å²) in [4.78, 5) is 15.1. The Hall–Kier alpha value is -3.60. The number of ketones is 1. The van der Waals surface area contributed by atoms with Crippen LogP contribution in [0, 0.1) is 32.1 Å². The van der Waals surface area contributed by atoms with Gasteiger partial charge in [-0.05, 0) is 68.7 Å². The number of ether oxygens (including phenoxy) is 1. The number of carbonyl (C=O) groups is 1. The number of benzene rings is 2. The Balaban J connectivity index is 1.63. The van der Waals surface area contributed by atoms with Crippen LogP contribution in [0.5, 0.6) is 11.5 Å². The van der Waals surface area contributed by atoms with Gasteiger partial charge in [0.05, 0.1) is 23.1 Å². The number of halogens is 2. The molecule has 0 bridgehead atoms. The van der Waals surface area contributed by atoms with E-state index in [0.29, 0.717) is 56.6 Å². The predicted molar refractivity (Wildman–Crippen MR) is 129 cm³/mol. The molecule has 34 heavy (non-hydrogen) atoms. The number of nitrogens with one attached hydrogen (secondary N) is 1. The first kappa shape index (κ1) is 23.6. The molecule has 9 heteroatoms. The molecule has 0 unspecified atom stereocenters. The predicted octanol–water partition coefficient (Wildman–Crippen LogP) is 6.75. The van der Waals surface area contributed by atoms with Crippen molar-refractivity contribution < 1.29 is 13.9 Å². The molecule has 0 aliphatic heterocycles. The highest BCUT2D eigenvalue weighted by Gasteiger charge is 2.21. The summed E-state index contributed by atoms with van der Waals surface area (Å²) < 4.78 is 11.9. The van der Waals surface area contributed by atoms with Crippen molar-refractivity contribution >= 4 is 29.0 Å². The van der Waals surface area contributed by atoms with Crippen molar-refractivity contribution in [3.8, 4) is 29.2 Å². The maximum atomic E-state index is 11.9. The molecule has 7 nitrogen and oxygen atoms in total. The summed E-state index contributed by atoms with van der Waals surface area (Å²) in [5.74, 6) is 1.55. The molecule has 2 aromatic carbocycles. The Labute approximate surface area is 206 Å². The van der Waals surface area contributed by atoms with Gasteiger partial charge in [-0.1, -0.05) is 29.3 Å². The fourth-order valence-electron chi connectivity index (χ4n) is 3.90. The van der Waals surface area contributed by atoms with Crippen LogP contribution in [0.2, 0.25) is 10.0 Å². The summed E-state index contributed by atoms with van der Waals surface area (Å²) >= 11 is 12.5. The summed E-state index contributed by atoms with van der Waals surface area (Å²) in [5.41, 5.74) is 4.84. The van der Waals surface area contributed by atoms with E-state index >= 15 is 0 Å². The lowest BCUT2D eigenvalue weighted by Crippen LogP contribution is -1.97. The van der Waals surface area contributed by atoms with E-state index in [0.717, 1.165) is 22.4 Å². The number of nitriles is 1. The Morgan fingerprint density at radius 2 is 1.91 bits per heavy atom. The monoisotopic (exact) mass is 494 g/mol. The highest BCUT2D eigenvalue weighted by molar-refractivity contribution is 6.32. The first-order valence-corrected chi connectivity index (χ1v) is 11.1. The lowest BCUT2D eigenvalue weighted by Gasteiger charge is -2.14. The van der Waals surface area contributed by atoms with Gasteiger partial charge in [0, 0.05) is 16.3 Å². The highest BCUT2D eigenvalue weighted by atomic mass is 35.5. The van der Waals surface area contributed by atoms with Crippen LogP contribution in [-0.2, 0) is 6.42 Å². The number of H-pyrrole nitrogens is 1. The van der Waals surface area contributed by atoms with Crippen molar-refractivity contribution in [1.29, 1.82) is 5.26 Å². The summed E-state index contributed by atoms with van der Waals surface area (Å²) in [6, 6.07) is 10.4. The average Bonchev–Trinajstić information content (AvgIpc) is 3.36. The number of carbonyl (C=O) groups excluding carboxylic acids is 1. The van der Waals surface area contributed by atoms with Gasteiger partial charge in [-0.15, -0.1) is 10.2 Å². The molecule has 0 aliphatic rings. The van der Waals surface area contributed by atoms with Crippen molar-refractivity contribution in [2.45, 2.75) is 34.1 Å². The van der Waals surface area contributed by atoms with Gasteiger partial charge in [0.1, 0.15) is 17.2 Å². The van der Waals surface area contributed by atoms with Crippen LogP contribution in [0.1, 0.15) is 51.1 Å². The number of hydrogen-bond acceptors (Lipinski definition) is 6. The molecule has 2 heterocycles. The summed E-state index contributed by atoms with van der Waals surface area (Å²) in [5, 5.41) is 18.3. The third-order valence-electron chi connectivity index (χ3n) is 5.50. The number of aromatic amines is 1. The lowest BCUT2D eigenvalue weighted by molar-refractivity contribution is 0.101. The number of nitrogens with zero attached hydrogens (tertiary/aromatic N) is 3. The second kappa shape index (κ2) is 9.34. The second-order valence-electron chi connectivity index (χ2n) is 7.91. The van der Waals surface area contributed by atoms with Crippen LogP contribution < -0.4 is 4.74 Å². The van der Waals surface area contributed by atoms with E-state index in [2.05, 4.69) is 21.3 Å². The van der Waals surface area contributed by atoms with Gasteiger partial charge in [-0.3, -0.25) is 4.79 Å². The fraction of sp³-hybridized carbons (Fsp3) is 0.200. The van der Waals surface area contributed by atoms with Crippen LogP contribution in [0.25, 0.3) is 11.6 Å². The van der Waals surface area contributed by atoms with Crippen LogP contribution >= 0.6 is 23.2 Å². The van der Waals surface area contributed by atoms with Crippen LogP contribution in [0.4, 0.5) is 0 Å². The fourth-order valence-corrected chi connectivity index (χ4v) is 4.37. The molecule has 4 aromatic rings. The minimum absolute atomic E-state index is 0.0249. The maximum Gasteiger partial charge on any atom is 0.264 e. The quantitative estimate of drug-likeness (QED) is 0.297. The smallest absolute Gasteiger partial charge is 0.264 e. The Bertz CT molecular complexity index is 1460. The van der Waals surface area contributed by atoms with Gasteiger partial charge in [0.25, 0.3) is 5.89 Å². The molecule has 172 valence electrons. The SMILES string of the molecule is CC(=O)c1c(C)[nH]c(-c2nnc(Cc3ccc(Cl)c(Oc4cc(Cl)cc(C#N)c4)c3C)o2)c1C. The molecule has 0 atom stereocenters. The Morgan fingerprint density at radius 1 is 1.15 bits per heavy atom. The summed E-state index contributed by atoms with van der Waals surface area (Å²) in [6.07, 6.45) is 0.351. The lowest BCUT2D eigenvalue weighted by atomic mass is 10.0. The van der Waals surface area contributed by atoms with E-state index in [1.807, 2.05) is 26.8 Å². The number of hydrogen-bond donors (Lipinski definition) is 1. The zero-order chi connectivity index (χ0) is 24.6. The second-order valence-corrected chi connectivity index (χ2v) is 8.75. The van der Waals surface area contributed by atoms with Crippen molar-refractivity contribution in [2.24, 2.45) is 0 Å². The van der Waals surface area contributed by atoms with E-state index in [4.69, 9.17) is 32.4 Å². The minimum Gasteiger partial charge on any atom is -0.455 e. The molecule has 0 aliphatic carbocycles. The molecular weight excluding hydrogens is 475 g/mol. The Morgan fingerprint density at radius 3 is 2.59 bits per heavy atom. The van der Waals surface area contributed by atoms with Crippen LogP contribution in [0.15, 0.2) is 34.7 Å². The number of aryl methyl sites for hydroxylation is 1. The topological polar surface area (TPSA) is 105 Å². The van der Waals surface area contributed by atoms with Crippen LogP contribution in [-0.4, -0.2) is 21.0 Å². The molecule has 0 fully saturated rings. The van der Waals surface area contributed by atoms with Gasteiger partial charge in [0.15, 0.2) is 5.78 Å². The zero-order valence-corrected chi connectivity index (χ0v) is 20.4. The molecule has 0 amide bonds. The minimum atomic E-state index is -0.0249. The molecule has 0 radical (unpaired) electrons. The summed E-state index contributed by atoms with van der Waals surface area (Å²) in [7, 11) is 0. The van der Waals surface area contributed by atoms with Gasteiger partial charge >= 0.3 is 0 Å². The number of aromatic nitrogens is 3. The normalized spacial score (nSPS) is 10.9. The van der Waals surface area contributed by atoms with Crippen molar-refractivity contribution in [3.63, 3.8) is 0 Å². The third kappa shape index (κ3) is 4.56. The van der Waals surface area contributed by atoms with E-state index in [-0.39, 0.29) is 5.78 Å². The van der Waals surface area contributed by atoms with E-state index < -0.39 is 0 Å². The standard InChI is InChI=1S/C25H20Cl2N4O3/c1-12-17(5-6-20(27)24(12)33-19-8-16(11-28)7-18(26)10-19)9-21-30-31-25(34-21)23-13(2)22(15(4)32)14(3)29-23/h5-8,10,29H,9H2,1-4H3. The third-order valence-corrected chi connectivity index (χ3v) is 6.02. The molecule has 0 spiro atoms. The maximum absolute atomic E-state index is 11.9. The first-order chi connectivity index (χ1) is 16.2. The van der Waals surface area contributed by atoms with Crippen LogP contribution in [0.3, 0.4) is 0 Å². The Kier molecular flexibility index (Phi) is 6.47. The van der Waals surface area contributed by atoms with Gasteiger partial charge < -0.3 is 14.1 Å². The number of Topliss-reactive ketones (excluding diaryl/α,β-unsaturated/α-hetero) is 1. The van der Waals surface area contributed by atoms with Gasteiger partial charge in [0.2, 0.25) is 5.89 Å². The molecular formula is C25H20Cl2N4O3. The zero-order valence-electron chi connectivity index (χ0n) is 18.9. The molecule has 1 N–H and O–H groups in total. The average molecular weight is 495 g/mol. The van der Waals surface area contributed by atoms with Gasteiger partial charge in [-0.2, -0.15) is 5.26 Å². The first-order valence-electron chi connectivity index (χ1n) is 10.4. The van der Waals surface area contributed by atoms with E-state index in [1.54, 1.807) is 24.3 Å². The largest absolute Gasteiger partial charge is 0.455 e. The van der Waals surface area contributed by atoms with E-state index in [1.165, 1.54) is 6.92 Å². The summed E-state index contributed by atoms with van der Waals surface area (Å²) in [6.45, 7) is 7.09. The molecule has 0 saturated heterocycles. The van der Waals surface area contributed by atoms with Crippen molar-refractivity contribution in [2.75, 3.05) is 0 Å². The molecule has 2 aromatic heterocycles. The van der Waals surface area contributed by atoms with Gasteiger partial charge in [-0.25, -0.2) is 0 Å². The van der Waals surface area contributed by atoms with E-state index in [9.17, 15) is 10.1 Å².